The molecular weight excluding hydrogens is 200 g/mol. The second-order valence-corrected chi connectivity index (χ2v) is 1.57. The van der Waals surface area contributed by atoms with E-state index in [1.54, 1.807) is 6.07 Å². The van der Waals surface area contributed by atoms with E-state index in [9.17, 15) is 0 Å². The fraction of sp³-hybridized carbons (Fsp3) is 0.667. The van der Waals surface area contributed by atoms with Crippen molar-refractivity contribution in [2.24, 2.45) is 0 Å². The molecule has 0 aromatic carbocycles. The summed E-state index contributed by atoms with van der Waals surface area (Å²) in [6.45, 7) is 1.43. The molecule has 0 atom stereocenters. The van der Waals surface area contributed by atoms with Gasteiger partial charge in [0.15, 0.2) is 0 Å². The summed E-state index contributed by atoms with van der Waals surface area (Å²) in [5.74, 6) is 0. The standard InChI is InChI=1S/C2H3N.CH4O.K.H3O4P/c1-2-3;1-2;;1-5(2,3)4/h1H3;2H,1H3;;(H3,1,2,3,4)/q;;+1;/p-1. The van der Waals surface area contributed by atoms with E-state index in [4.69, 9.17) is 29.6 Å². The number of nitriles is 1. The first-order valence-corrected chi connectivity index (χ1v) is 3.36. The molecule has 0 saturated heterocycles. The minimum absolute atomic E-state index is 0. The zero-order valence-electron chi connectivity index (χ0n) is 8.47. The molecule has 6 nitrogen and oxygen atoms in total. The third-order valence-electron chi connectivity index (χ3n) is 0. The zero-order chi connectivity index (χ0) is 9.21. The fourth-order valence-corrected chi connectivity index (χ4v) is 0. The number of nitrogens with zero attached hydrogens (tertiary/aromatic N) is 1. The molecule has 0 saturated carbocycles. The number of aliphatic hydroxyl groups excluding tert-OH is 1. The molecule has 0 aromatic heterocycles. The van der Waals surface area contributed by atoms with Crippen LogP contribution in [0.2, 0.25) is 0 Å². The van der Waals surface area contributed by atoms with E-state index in [1.807, 2.05) is 0 Å². The Labute approximate surface area is 110 Å². The molecule has 1 N–H and O–H groups in total. The summed E-state index contributed by atoms with van der Waals surface area (Å²) < 4.78 is 8.55. The minimum atomic E-state index is -5.39. The summed E-state index contributed by atoms with van der Waals surface area (Å²) >= 11 is 0. The van der Waals surface area contributed by atoms with Crippen molar-refractivity contribution in [3.8, 4) is 6.07 Å². The second-order valence-electron chi connectivity index (χ2n) is 0.671. The fourth-order valence-electron chi connectivity index (χ4n) is 0. The molecule has 0 fully saturated rings. The monoisotopic (exact) mass is 209 g/mol. The van der Waals surface area contributed by atoms with E-state index >= 15 is 0 Å². The van der Waals surface area contributed by atoms with Crippen LogP contribution in [-0.4, -0.2) is 12.2 Å². The van der Waals surface area contributed by atoms with Gasteiger partial charge in [0.05, 0.1) is 6.07 Å². The van der Waals surface area contributed by atoms with E-state index in [0.717, 1.165) is 7.11 Å². The van der Waals surface area contributed by atoms with Gasteiger partial charge in [0, 0.05) is 14.0 Å². The minimum Gasteiger partial charge on any atom is -0.822 e. The maximum Gasteiger partial charge on any atom is 1.00 e. The smallest absolute Gasteiger partial charge is 0.822 e. The van der Waals surface area contributed by atoms with Gasteiger partial charge in [0.1, 0.15) is 0 Å². The van der Waals surface area contributed by atoms with Gasteiger partial charge in [-0.2, -0.15) is 13.1 Å². The van der Waals surface area contributed by atoms with Crippen molar-refractivity contribution in [2.45, 2.75) is 6.92 Å². The Morgan fingerprint density at radius 3 is 1.45 bits per heavy atom. The third-order valence-corrected chi connectivity index (χ3v) is 0. The van der Waals surface area contributed by atoms with Gasteiger partial charge in [-0.1, -0.05) is 0 Å². The van der Waals surface area contributed by atoms with E-state index < -0.39 is 7.82 Å². The van der Waals surface area contributed by atoms with Crippen LogP contribution in [-0.2, 0) is 4.57 Å². The molecular formula is C3H9KNO5P. The van der Waals surface area contributed by atoms with Crippen LogP contribution < -0.4 is 66.1 Å². The van der Waals surface area contributed by atoms with Crippen LogP contribution >= 0.6 is 7.82 Å². The summed E-state index contributed by atoms with van der Waals surface area (Å²) in [5.41, 5.74) is 0. The SMILES string of the molecule is CC#N.CO.O=P([O-])([O-])[O-].[H+].[H+].[K+]. The van der Waals surface area contributed by atoms with Gasteiger partial charge in [0.25, 0.3) is 0 Å². The maximum absolute atomic E-state index is 8.55. The summed E-state index contributed by atoms with van der Waals surface area (Å²) in [4.78, 5) is 25.6. The predicted molar refractivity (Wildman–Crippen MR) is 29.3 cm³/mol. The molecule has 0 radical (unpaired) electrons. The van der Waals surface area contributed by atoms with Gasteiger partial charge in [-0.25, -0.2) is 0 Å². The number of hydrogen-bond donors (Lipinski definition) is 1. The van der Waals surface area contributed by atoms with Crippen molar-refractivity contribution < 1.29 is 78.6 Å². The molecule has 0 heterocycles. The van der Waals surface area contributed by atoms with Crippen molar-refractivity contribution in [2.75, 3.05) is 7.11 Å². The first-order chi connectivity index (χ1) is 4.41. The van der Waals surface area contributed by atoms with Crippen molar-refractivity contribution in [1.82, 2.24) is 0 Å². The summed E-state index contributed by atoms with van der Waals surface area (Å²) in [6.07, 6.45) is 0. The van der Waals surface area contributed by atoms with Gasteiger partial charge in [0.2, 0.25) is 0 Å². The van der Waals surface area contributed by atoms with E-state index in [1.165, 1.54) is 6.92 Å². The summed E-state index contributed by atoms with van der Waals surface area (Å²) in [7, 11) is -4.39. The summed E-state index contributed by atoms with van der Waals surface area (Å²) in [6, 6.07) is 1.75. The Morgan fingerprint density at radius 1 is 1.45 bits per heavy atom. The van der Waals surface area contributed by atoms with Crippen molar-refractivity contribution in [3.05, 3.63) is 0 Å². The topological polar surface area (TPSA) is 130 Å². The van der Waals surface area contributed by atoms with Crippen molar-refractivity contribution in [1.29, 1.82) is 5.26 Å². The number of hydrogen-bond acceptors (Lipinski definition) is 6. The van der Waals surface area contributed by atoms with Crippen LogP contribution in [0, 0.1) is 11.3 Å². The first kappa shape index (κ1) is 22.8. The number of rotatable bonds is 0. The first-order valence-electron chi connectivity index (χ1n) is 1.90. The van der Waals surface area contributed by atoms with E-state index in [-0.39, 0.29) is 54.2 Å². The Balaban J connectivity index is -0.0000000138. The average Bonchev–Trinajstić information content (AvgIpc) is 1.68. The van der Waals surface area contributed by atoms with Crippen LogP contribution in [0.5, 0.6) is 0 Å². The molecule has 0 bridgehead atoms. The van der Waals surface area contributed by atoms with Crippen molar-refractivity contribution >= 4 is 7.82 Å². The molecule has 0 aliphatic carbocycles. The Hall–Kier alpha value is 1.20. The van der Waals surface area contributed by atoms with Gasteiger partial charge >= 0.3 is 54.2 Å². The molecule has 0 aliphatic rings. The van der Waals surface area contributed by atoms with Crippen LogP contribution in [0.25, 0.3) is 0 Å². The van der Waals surface area contributed by atoms with Crippen LogP contribution in [0.3, 0.4) is 0 Å². The van der Waals surface area contributed by atoms with Gasteiger partial charge in [-0.3, -0.25) is 0 Å². The van der Waals surface area contributed by atoms with Crippen LogP contribution in [0.4, 0.5) is 0 Å². The molecule has 0 rings (SSSR count). The maximum atomic E-state index is 8.55. The molecule has 62 valence electrons. The average molecular weight is 209 g/mol. The van der Waals surface area contributed by atoms with Crippen LogP contribution in [0.1, 0.15) is 9.78 Å². The van der Waals surface area contributed by atoms with Gasteiger partial charge < -0.3 is 24.4 Å². The molecule has 0 amide bonds. The van der Waals surface area contributed by atoms with E-state index in [2.05, 4.69) is 0 Å². The Morgan fingerprint density at radius 2 is 1.45 bits per heavy atom. The third kappa shape index (κ3) is 662. The molecule has 11 heavy (non-hydrogen) atoms. The number of aliphatic hydroxyl groups is 1. The largest absolute Gasteiger partial charge is 1.00 e. The normalized spacial score (nSPS) is 6.64. The van der Waals surface area contributed by atoms with Crippen LogP contribution in [0.15, 0.2) is 0 Å². The quantitative estimate of drug-likeness (QED) is 0.313. The molecule has 8 heteroatoms. The van der Waals surface area contributed by atoms with Gasteiger partial charge in [-0.05, 0) is 0 Å². The summed E-state index contributed by atoms with van der Waals surface area (Å²) in [5, 5.41) is 14.3. The molecule has 0 spiro atoms. The van der Waals surface area contributed by atoms with Crippen molar-refractivity contribution in [3.63, 3.8) is 0 Å². The Kier molecular flexibility index (Phi) is 35.8. The second kappa shape index (κ2) is 17.3. The Bertz CT molecular complexity index is 128. The zero-order valence-corrected chi connectivity index (χ0v) is 10.5. The molecule has 0 unspecified atom stereocenters. The molecule has 0 aromatic rings. The number of phosphoric acid groups is 1. The molecule has 0 aliphatic heterocycles. The van der Waals surface area contributed by atoms with E-state index in [0.29, 0.717) is 0 Å². The predicted octanol–water partition coefficient (Wildman–Crippen LogP) is -5.46. The van der Waals surface area contributed by atoms with Gasteiger partial charge in [-0.15, -0.1) is 0 Å².